The van der Waals surface area contributed by atoms with E-state index in [1.807, 2.05) is 13.8 Å². The number of furan rings is 1. The number of nitrogens with one attached hydrogen (secondary N) is 1. The standard InChI is InChI=1S/C16H19ClN2O3/c1-9(2)18-14(20)8-19(4)16(21)15-10(3)12-7-11(17)5-6-13(12)22-15/h5-7,9H,8H2,1-4H3,(H,18,20). The average molecular weight is 323 g/mol. The lowest BCUT2D eigenvalue weighted by molar-refractivity contribution is -0.122. The molecule has 1 N–H and O–H groups in total. The van der Waals surface area contributed by atoms with Crippen LogP contribution in [0.2, 0.25) is 5.02 Å². The Kier molecular flexibility index (Phi) is 4.76. The fourth-order valence-corrected chi connectivity index (χ4v) is 2.40. The zero-order chi connectivity index (χ0) is 16.4. The summed E-state index contributed by atoms with van der Waals surface area (Å²) in [6.45, 7) is 5.52. The van der Waals surface area contributed by atoms with E-state index in [1.165, 1.54) is 4.90 Å². The van der Waals surface area contributed by atoms with Gasteiger partial charge in [0.05, 0.1) is 6.54 Å². The molecule has 0 saturated carbocycles. The number of halogens is 1. The average Bonchev–Trinajstić information content (AvgIpc) is 2.74. The molecule has 0 spiro atoms. The van der Waals surface area contributed by atoms with Crippen LogP contribution < -0.4 is 5.32 Å². The number of hydrogen-bond donors (Lipinski definition) is 1. The minimum atomic E-state index is -0.330. The highest BCUT2D eigenvalue weighted by atomic mass is 35.5. The zero-order valence-corrected chi connectivity index (χ0v) is 13.8. The molecule has 1 heterocycles. The fourth-order valence-electron chi connectivity index (χ4n) is 2.23. The molecule has 118 valence electrons. The lowest BCUT2D eigenvalue weighted by atomic mass is 10.1. The molecular weight excluding hydrogens is 304 g/mol. The molecule has 5 nitrogen and oxygen atoms in total. The Bertz CT molecular complexity index is 721. The van der Waals surface area contributed by atoms with Gasteiger partial charge in [-0.05, 0) is 39.0 Å². The van der Waals surface area contributed by atoms with E-state index in [9.17, 15) is 9.59 Å². The van der Waals surface area contributed by atoms with Crippen molar-refractivity contribution < 1.29 is 14.0 Å². The number of amides is 2. The van der Waals surface area contributed by atoms with Crippen molar-refractivity contribution in [2.45, 2.75) is 26.8 Å². The van der Waals surface area contributed by atoms with Gasteiger partial charge in [0.25, 0.3) is 5.91 Å². The first-order valence-corrected chi connectivity index (χ1v) is 7.41. The van der Waals surface area contributed by atoms with Crippen LogP contribution in [0.1, 0.15) is 30.0 Å². The molecule has 2 rings (SSSR count). The van der Waals surface area contributed by atoms with Gasteiger partial charge in [-0.1, -0.05) is 11.6 Å². The van der Waals surface area contributed by atoms with Gasteiger partial charge in [-0.25, -0.2) is 0 Å². The molecule has 0 bridgehead atoms. The van der Waals surface area contributed by atoms with E-state index in [0.717, 1.165) is 10.9 Å². The molecule has 6 heteroatoms. The van der Waals surface area contributed by atoms with Crippen molar-refractivity contribution in [1.29, 1.82) is 0 Å². The number of benzene rings is 1. The Hall–Kier alpha value is -2.01. The van der Waals surface area contributed by atoms with Crippen molar-refractivity contribution in [3.05, 3.63) is 34.5 Å². The largest absolute Gasteiger partial charge is 0.451 e. The van der Waals surface area contributed by atoms with Gasteiger partial charge in [0.1, 0.15) is 5.58 Å². The Labute approximate surface area is 134 Å². The Morgan fingerprint density at radius 2 is 2.05 bits per heavy atom. The van der Waals surface area contributed by atoms with Crippen LogP contribution in [-0.2, 0) is 4.79 Å². The molecule has 0 aliphatic rings. The third-order valence-corrected chi connectivity index (χ3v) is 3.50. The normalized spacial score (nSPS) is 11.0. The number of nitrogens with zero attached hydrogens (tertiary/aromatic N) is 1. The number of aryl methyl sites for hydroxylation is 1. The zero-order valence-electron chi connectivity index (χ0n) is 13.1. The maximum atomic E-state index is 12.5. The highest BCUT2D eigenvalue weighted by molar-refractivity contribution is 6.31. The second kappa shape index (κ2) is 6.40. The second-order valence-corrected chi connectivity index (χ2v) is 6.02. The summed E-state index contributed by atoms with van der Waals surface area (Å²) in [6.07, 6.45) is 0. The van der Waals surface area contributed by atoms with E-state index < -0.39 is 0 Å². The fraction of sp³-hybridized carbons (Fsp3) is 0.375. The van der Waals surface area contributed by atoms with Crippen molar-refractivity contribution in [3.63, 3.8) is 0 Å². The molecule has 0 aliphatic carbocycles. The maximum Gasteiger partial charge on any atom is 0.290 e. The third-order valence-electron chi connectivity index (χ3n) is 3.27. The summed E-state index contributed by atoms with van der Waals surface area (Å²) in [5.74, 6) is -0.302. The lowest BCUT2D eigenvalue weighted by Crippen LogP contribution is -2.40. The molecule has 2 amide bonds. The summed E-state index contributed by atoms with van der Waals surface area (Å²) < 4.78 is 5.62. The Balaban J connectivity index is 2.22. The van der Waals surface area contributed by atoms with Crippen LogP contribution in [0.5, 0.6) is 0 Å². The van der Waals surface area contributed by atoms with Gasteiger partial charge in [0.2, 0.25) is 5.91 Å². The van der Waals surface area contributed by atoms with Gasteiger partial charge < -0.3 is 14.6 Å². The molecule has 0 unspecified atom stereocenters. The smallest absolute Gasteiger partial charge is 0.290 e. The van der Waals surface area contributed by atoms with Crippen LogP contribution in [0.15, 0.2) is 22.6 Å². The van der Waals surface area contributed by atoms with Crippen LogP contribution in [0.25, 0.3) is 11.0 Å². The van der Waals surface area contributed by atoms with E-state index >= 15 is 0 Å². The predicted octanol–water partition coefficient (Wildman–Crippen LogP) is 2.99. The van der Waals surface area contributed by atoms with Gasteiger partial charge in [-0.3, -0.25) is 9.59 Å². The van der Waals surface area contributed by atoms with E-state index in [4.69, 9.17) is 16.0 Å². The van der Waals surface area contributed by atoms with Crippen LogP contribution in [0.3, 0.4) is 0 Å². The number of carbonyl (C=O) groups is 2. The van der Waals surface area contributed by atoms with Crippen LogP contribution in [0, 0.1) is 6.92 Å². The lowest BCUT2D eigenvalue weighted by Gasteiger charge is -2.17. The van der Waals surface area contributed by atoms with Crippen LogP contribution in [0.4, 0.5) is 0 Å². The minimum absolute atomic E-state index is 0.0196. The van der Waals surface area contributed by atoms with Crippen LogP contribution >= 0.6 is 11.6 Å². The molecule has 22 heavy (non-hydrogen) atoms. The van der Waals surface area contributed by atoms with Crippen molar-refractivity contribution in [2.24, 2.45) is 0 Å². The number of rotatable bonds is 4. The predicted molar refractivity (Wildman–Crippen MR) is 86.2 cm³/mol. The van der Waals surface area contributed by atoms with Crippen molar-refractivity contribution in [1.82, 2.24) is 10.2 Å². The molecule has 1 aromatic carbocycles. The van der Waals surface area contributed by atoms with Gasteiger partial charge in [0, 0.05) is 29.1 Å². The number of likely N-dealkylation sites (N-methyl/N-ethyl adjacent to an activating group) is 1. The molecule has 0 radical (unpaired) electrons. The number of fused-ring (bicyclic) bond motifs is 1. The highest BCUT2D eigenvalue weighted by Gasteiger charge is 2.22. The number of carbonyl (C=O) groups excluding carboxylic acids is 2. The Morgan fingerprint density at radius 3 is 2.68 bits per heavy atom. The van der Waals surface area contributed by atoms with Gasteiger partial charge in [-0.2, -0.15) is 0 Å². The van der Waals surface area contributed by atoms with Gasteiger partial charge >= 0.3 is 0 Å². The molecule has 0 aliphatic heterocycles. The van der Waals surface area contributed by atoms with E-state index in [0.29, 0.717) is 10.6 Å². The number of hydrogen-bond acceptors (Lipinski definition) is 3. The summed E-state index contributed by atoms with van der Waals surface area (Å²) in [7, 11) is 1.57. The summed E-state index contributed by atoms with van der Waals surface area (Å²) in [5, 5.41) is 4.13. The van der Waals surface area contributed by atoms with Crippen molar-refractivity contribution >= 4 is 34.4 Å². The first-order valence-electron chi connectivity index (χ1n) is 7.03. The molecule has 1 aromatic heterocycles. The Morgan fingerprint density at radius 1 is 1.36 bits per heavy atom. The molecular formula is C16H19ClN2O3. The van der Waals surface area contributed by atoms with E-state index in [2.05, 4.69) is 5.32 Å². The summed E-state index contributed by atoms with van der Waals surface area (Å²) in [5.41, 5.74) is 1.32. The monoisotopic (exact) mass is 322 g/mol. The molecule has 0 fully saturated rings. The van der Waals surface area contributed by atoms with Crippen molar-refractivity contribution in [3.8, 4) is 0 Å². The first-order chi connectivity index (χ1) is 10.3. The minimum Gasteiger partial charge on any atom is -0.451 e. The molecule has 0 atom stereocenters. The molecule has 2 aromatic rings. The SMILES string of the molecule is Cc1c(C(=O)N(C)CC(=O)NC(C)C)oc2ccc(Cl)cc12. The van der Waals surface area contributed by atoms with Crippen molar-refractivity contribution in [2.75, 3.05) is 13.6 Å². The maximum absolute atomic E-state index is 12.5. The van der Waals surface area contributed by atoms with Gasteiger partial charge in [-0.15, -0.1) is 0 Å². The summed E-state index contributed by atoms with van der Waals surface area (Å²) in [6, 6.07) is 5.23. The van der Waals surface area contributed by atoms with E-state index in [1.54, 1.807) is 32.2 Å². The van der Waals surface area contributed by atoms with Gasteiger partial charge in [0.15, 0.2) is 5.76 Å². The summed E-state index contributed by atoms with van der Waals surface area (Å²) >= 11 is 5.97. The first kappa shape index (κ1) is 16.4. The topological polar surface area (TPSA) is 62.6 Å². The highest BCUT2D eigenvalue weighted by Crippen LogP contribution is 2.28. The molecule has 0 saturated heterocycles. The third kappa shape index (κ3) is 3.42. The quantitative estimate of drug-likeness (QED) is 0.941. The van der Waals surface area contributed by atoms with E-state index in [-0.39, 0.29) is 30.2 Å². The second-order valence-electron chi connectivity index (χ2n) is 5.58. The van der Waals surface area contributed by atoms with Crippen LogP contribution in [-0.4, -0.2) is 36.3 Å². The summed E-state index contributed by atoms with van der Waals surface area (Å²) in [4.78, 5) is 25.5.